The largest absolute Gasteiger partial charge is 0.444 e. The van der Waals surface area contributed by atoms with Crippen LogP contribution in [-0.2, 0) is 14.3 Å². The molecular weight excluding hydrogens is 416 g/mol. The van der Waals surface area contributed by atoms with Gasteiger partial charge in [0.05, 0.1) is 12.7 Å². The molecular formula is C25H31F2NO4. The summed E-state index contributed by atoms with van der Waals surface area (Å²) < 4.78 is 38.4. The van der Waals surface area contributed by atoms with Crippen molar-refractivity contribution in [3.63, 3.8) is 0 Å². The third-order valence-corrected chi connectivity index (χ3v) is 4.96. The molecule has 2 rings (SSSR count). The number of carbonyl (C=O) groups excluding carboxylic acids is 2. The lowest BCUT2D eigenvalue weighted by atomic mass is 9.84. The summed E-state index contributed by atoms with van der Waals surface area (Å²) in [5.41, 5.74) is 0.289. The van der Waals surface area contributed by atoms with E-state index in [1.54, 1.807) is 45.9 Å². The molecule has 0 aliphatic heterocycles. The Balaban J connectivity index is 2.25. The second kappa shape index (κ2) is 10.2. The number of aldehydes is 1. The topological polar surface area (TPSA) is 64.6 Å². The molecule has 2 aromatic rings. The van der Waals surface area contributed by atoms with E-state index in [-0.39, 0.29) is 24.2 Å². The molecule has 1 amide bonds. The van der Waals surface area contributed by atoms with Crippen molar-refractivity contribution >= 4 is 12.4 Å². The second-order valence-corrected chi connectivity index (χ2v) is 9.21. The smallest absolute Gasteiger partial charge is 0.408 e. The lowest BCUT2D eigenvalue weighted by Gasteiger charge is -2.31. The molecule has 0 radical (unpaired) electrons. The van der Waals surface area contributed by atoms with Gasteiger partial charge in [0.2, 0.25) is 0 Å². The third kappa shape index (κ3) is 7.12. The van der Waals surface area contributed by atoms with Gasteiger partial charge in [-0.1, -0.05) is 18.2 Å². The van der Waals surface area contributed by atoms with E-state index in [4.69, 9.17) is 9.47 Å². The van der Waals surface area contributed by atoms with Crippen LogP contribution in [0.1, 0.15) is 57.2 Å². The number of nitrogens with one attached hydrogen (secondary N) is 1. The number of rotatable bonds is 8. The Morgan fingerprint density at radius 3 is 2.19 bits per heavy atom. The highest BCUT2D eigenvalue weighted by Gasteiger charge is 2.32. The first-order chi connectivity index (χ1) is 14.8. The summed E-state index contributed by atoms with van der Waals surface area (Å²) >= 11 is 0. The monoisotopic (exact) mass is 447 g/mol. The summed E-state index contributed by atoms with van der Waals surface area (Å²) in [6.45, 7) is 10.2. The van der Waals surface area contributed by atoms with E-state index < -0.39 is 23.3 Å². The fraction of sp³-hybridized carbons (Fsp3) is 0.440. The van der Waals surface area contributed by atoms with Crippen LogP contribution in [0.2, 0.25) is 0 Å². The number of hydrogen-bond donors (Lipinski definition) is 1. The van der Waals surface area contributed by atoms with Crippen molar-refractivity contribution < 1.29 is 27.8 Å². The van der Waals surface area contributed by atoms with Crippen LogP contribution in [0.15, 0.2) is 42.5 Å². The minimum absolute atomic E-state index is 0.116. The third-order valence-electron chi connectivity index (χ3n) is 4.96. The first kappa shape index (κ1) is 25.5. The van der Waals surface area contributed by atoms with E-state index in [2.05, 4.69) is 5.32 Å². The van der Waals surface area contributed by atoms with Gasteiger partial charge in [-0.25, -0.2) is 13.6 Å². The molecule has 0 fully saturated rings. The predicted molar refractivity (Wildman–Crippen MR) is 119 cm³/mol. The highest BCUT2D eigenvalue weighted by atomic mass is 19.1. The molecule has 0 aliphatic rings. The number of benzene rings is 2. The standard InChI is InChI=1S/C25H31F2NO4/c1-16-13-20(27)11-12-21(16)22(18-7-9-19(26)10-8-18)17(2)31-15-25(6,14-29)28-23(30)32-24(3,4)5/h7-14,17,22H,15H2,1-6H3,(H,28,30)/t17-,22+,25+/m0/s1. The van der Waals surface area contributed by atoms with E-state index in [1.807, 2.05) is 6.92 Å². The maximum atomic E-state index is 13.7. The van der Waals surface area contributed by atoms with Gasteiger partial charge >= 0.3 is 6.09 Å². The summed E-state index contributed by atoms with van der Waals surface area (Å²) in [5, 5.41) is 2.55. The molecule has 5 nitrogen and oxygen atoms in total. The summed E-state index contributed by atoms with van der Waals surface area (Å²) in [5.74, 6) is -1.08. The van der Waals surface area contributed by atoms with Crippen molar-refractivity contribution in [2.75, 3.05) is 6.61 Å². The van der Waals surface area contributed by atoms with Gasteiger partial charge in [-0.05, 0) is 82.5 Å². The zero-order chi connectivity index (χ0) is 24.1. The van der Waals surface area contributed by atoms with Crippen LogP contribution in [0.3, 0.4) is 0 Å². The van der Waals surface area contributed by atoms with Crippen LogP contribution in [-0.4, -0.2) is 36.2 Å². The normalized spacial score (nSPS) is 15.4. The van der Waals surface area contributed by atoms with Gasteiger partial charge in [0, 0.05) is 5.92 Å². The molecule has 2 aromatic carbocycles. The van der Waals surface area contributed by atoms with Crippen molar-refractivity contribution in [3.05, 3.63) is 70.8 Å². The average molecular weight is 448 g/mol. The van der Waals surface area contributed by atoms with Crippen molar-refractivity contribution in [2.24, 2.45) is 0 Å². The molecule has 32 heavy (non-hydrogen) atoms. The quantitative estimate of drug-likeness (QED) is 0.559. The predicted octanol–water partition coefficient (Wildman–Crippen LogP) is 5.29. The van der Waals surface area contributed by atoms with Crippen LogP contribution in [0.25, 0.3) is 0 Å². The molecule has 0 spiro atoms. The van der Waals surface area contributed by atoms with Gasteiger partial charge in [-0.2, -0.15) is 0 Å². The van der Waals surface area contributed by atoms with Crippen LogP contribution < -0.4 is 5.32 Å². The average Bonchev–Trinajstić information content (AvgIpc) is 2.68. The van der Waals surface area contributed by atoms with Gasteiger partial charge in [-0.3, -0.25) is 0 Å². The minimum atomic E-state index is -1.32. The van der Waals surface area contributed by atoms with Gasteiger partial charge in [0.15, 0.2) is 0 Å². The summed E-state index contributed by atoms with van der Waals surface area (Å²) in [4.78, 5) is 23.9. The molecule has 0 aromatic heterocycles. The Morgan fingerprint density at radius 2 is 1.66 bits per heavy atom. The Morgan fingerprint density at radius 1 is 1.06 bits per heavy atom. The van der Waals surface area contributed by atoms with E-state index in [9.17, 15) is 18.4 Å². The first-order valence-electron chi connectivity index (χ1n) is 10.4. The van der Waals surface area contributed by atoms with Gasteiger partial charge in [0.1, 0.15) is 29.1 Å². The van der Waals surface area contributed by atoms with Gasteiger partial charge in [0.25, 0.3) is 0 Å². The van der Waals surface area contributed by atoms with Crippen molar-refractivity contribution in [2.45, 2.75) is 64.7 Å². The van der Waals surface area contributed by atoms with E-state index in [0.29, 0.717) is 6.29 Å². The number of alkyl carbamates (subject to hydrolysis) is 1. The molecule has 3 atom stereocenters. The Labute approximate surface area is 188 Å². The Kier molecular flexibility index (Phi) is 8.13. The Hall–Kier alpha value is -2.80. The number of halogens is 2. The molecule has 0 aliphatic carbocycles. The number of amides is 1. The number of aryl methyl sites for hydroxylation is 1. The molecule has 174 valence electrons. The van der Waals surface area contributed by atoms with Crippen LogP contribution >= 0.6 is 0 Å². The van der Waals surface area contributed by atoms with E-state index in [0.717, 1.165) is 16.7 Å². The van der Waals surface area contributed by atoms with Crippen molar-refractivity contribution in [1.29, 1.82) is 0 Å². The number of ether oxygens (including phenoxy) is 2. The number of hydrogen-bond acceptors (Lipinski definition) is 4. The van der Waals surface area contributed by atoms with Crippen molar-refractivity contribution in [3.8, 4) is 0 Å². The zero-order valence-electron chi connectivity index (χ0n) is 19.4. The summed E-state index contributed by atoms with van der Waals surface area (Å²) in [7, 11) is 0. The van der Waals surface area contributed by atoms with E-state index >= 15 is 0 Å². The summed E-state index contributed by atoms with van der Waals surface area (Å²) in [6, 6.07) is 10.5. The Bertz CT molecular complexity index is 940. The minimum Gasteiger partial charge on any atom is -0.444 e. The maximum absolute atomic E-state index is 13.7. The zero-order valence-corrected chi connectivity index (χ0v) is 19.4. The SMILES string of the molecule is Cc1cc(F)ccc1[C@@H](c1ccc(F)cc1)[C@H](C)OC[C@@](C)(C=O)NC(=O)OC(C)(C)C. The molecule has 0 bridgehead atoms. The molecule has 0 heterocycles. The molecule has 7 heteroatoms. The van der Waals surface area contributed by atoms with Gasteiger partial charge in [-0.15, -0.1) is 0 Å². The number of carbonyl (C=O) groups is 2. The lowest BCUT2D eigenvalue weighted by molar-refractivity contribution is -0.116. The fourth-order valence-electron chi connectivity index (χ4n) is 3.40. The molecule has 0 saturated heterocycles. The summed E-state index contributed by atoms with van der Waals surface area (Å²) in [6.07, 6.45) is -0.614. The van der Waals surface area contributed by atoms with Crippen LogP contribution in [0, 0.1) is 18.6 Å². The molecule has 1 N–H and O–H groups in total. The fourth-order valence-corrected chi connectivity index (χ4v) is 3.40. The molecule has 0 unspecified atom stereocenters. The van der Waals surface area contributed by atoms with Crippen LogP contribution in [0.5, 0.6) is 0 Å². The second-order valence-electron chi connectivity index (χ2n) is 9.21. The highest BCUT2D eigenvalue weighted by Crippen LogP contribution is 2.33. The van der Waals surface area contributed by atoms with Crippen LogP contribution in [0.4, 0.5) is 13.6 Å². The lowest BCUT2D eigenvalue weighted by Crippen LogP contribution is -2.52. The molecule has 0 saturated carbocycles. The van der Waals surface area contributed by atoms with E-state index in [1.165, 1.54) is 31.2 Å². The van der Waals surface area contributed by atoms with Gasteiger partial charge < -0.3 is 19.6 Å². The first-order valence-corrected chi connectivity index (χ1v) is 10.4. The highest BCUT2D eigenvalue weighted by molar-refractivity contribution is 5.76. The van der Waals surface area contributed by atoms with Crippen molar-refractivity contribution in [1.82, 2.24) is 5.32 Å². The maximum Gasteiger partial charge on any atom is 0.408 e.